The molecule has 1 heterocycles. The van der Waals surface area contributed by atoms with Crippen LogP contribution in [0.1, 0.15) is 48.4 Å². The van der Waals surface area contributed by atoms with Crippen molar-refractivity contribution in [2.75, 3.05) is 13.1 Å². The van der Waals surface area contributed by atoms with Crippen LogP contribution >= 0.6 is 0 Å². The lowest BCUT2D eigenvalue weighted by Gasteiger charge is -2.25. The molecule has 1 N–H and O–H groups in total. The number of fused-ring (bicyclic) bond motifs is 1. The van der Waals surface area contributed by atoms with Crippen LogP contribution in [0.5, 0.6) is 0 Å². The van der Waals surface area contributed by atoms with E-state index in [0.29, 0.717) is 18.4 Å². The zero-order valence-corrected chi connectivity index (χ0v) is 12.1. The third-order valence-electron chi connectivity index (χ3n) is 4.87. The van der Waals surface area contributed by atoms with Gasteiger partial charge in [-0.3, -0.25) is 9.69 Å². The van der Waals surface area contributed by atoms with Crippen LogP contribution in [0.3, 0.4) is 0 Å². The number of hydrogen-bond donors (Lipinski definition) is 1. The largest absolute Gasteiger partial charge is 0.481 e. The number of likely N-dealkylation sites (tertiary alicyclic amines) is 1. The number of nitrogens with zero attached hydrogens (tertiary/aromatic N) is 1. The molecule has 3 heteroatoms. The van der Waals surface area contributed by atoms with E-state index >= 15 is 0 Å². The number of aryl methyl sites for hydroxylation is 2. The molecular weight excluding hydrogens is 250 g/mol. The fourth-order valence-corrected chi connectivity index (χ4v) is 3.79. The van der Waals surface area contributed by atoms with E-state index in [9.17, 15) is 4.79 Å². The van der Waals surface area contributed by atoms with E-state index < -0.39 is 5.97 Å². The number of aliphatic carboxylic acids is 1. The minimum Gasteiger partial charge on any atom is -0.481 e. The molecule has 2 aliphatic rings. The molecule has 0 bridgehead atoms. The zero-order chi connectivity index (χ0) is 14.1. The summed E-state index contributed by atoms with van der Waals surface area (Å²) in [4.78, 5) is 13.3. The molecule has 1 fully saturated rings. The second-order valence-corrected chi connectivity index (χ2v) is 6.34. The van der Waals surface area contributed by atoms with Crippen molar-refractivity contribution in [1.82, 2.24) is 4.90 Å². The van der Waals surface area contributed by atoms with Gasteiger partial charge in [0.1, 0.15) is 0 Å². The smallest absolute Gasteiger partial charge is 0.303 e. The maximum absolute atomic E-state index is 10.7. The van der Waals surface area contributed by atoms with Crippen molar-refractivity contribution in [3.8, 4) is 0 Å². The van der Waals surface area contributed by atoms with Gasteiger partial charge < -0.3 is 5.11 Å². The highest BCUT2D eigenvalue weighted by Crippen LogP contribution is 2.39. The topological polar surface area (TPSA) is 40.5 Å². The summed E-state index contributed by atoms with van der Waals surface area (Å²) < 4.78 is 0. The average Bonchev–Trinajstić information content (AvgIpc) is 3.01. The van der Waals surface area contributed by atoms with Crippen LogP contribution in [0, 0.1) is 12.8 Å². The van der Waals surface area contributed by atoms with Crippen LogP contribution in [0.2, 0.25) is 0 Å². The Bertz CT molecular complexity index is 512. The van der Waals surface area contributed by atoms with Crippen LogP contribution in [0.15, 0.2) is 18.2 Å². The van der Waals surface area contributed by atoms with Gasteiger partial charge in [0, 0.05) is 19.0 Å². The van der Waals surface area contributed by atoms with E-state index in [1.54, 1.807) is 0 Å². The minimum absolute atomic E-state index is 0.318. The third-order valence-corrected chi connectivity index (χ3v) is 4.87. The summed E-state index contributed by atoms with van der Waals surface area (Å²) >= 11 is 0. The summed E-state index contributed by atoms with van der Waals surface area (Å²) in [5.41, 5.74) is 4.37. The van der Waals surface area contributed by atoms with E-state index in [0.717, 1.165) is 25.9 Å². The van der Waals surface area contributed by atoms with E-state index in [2.05, 4.69) is 30.0 Å². The Morgan fingerprint density at radius 3 is 3.05 bits per heavy atom. The lowest BCUT2D eigenvalue weighted by atomic mass is 10.0. The van der Waals surface area contributed by atoms with Crippen molar-refractivity contribution in [2.45, 2.75) is 45.1 Å². The third kappa shape index (κ3) is 2.73. The molecule has 1 aromatic rings. The van der Waals surface area contributed by atoms with Crippen molar-refractivity contribution in [3.63, 3.8) is 0 Å². The van der Waals surface area contributed by atoms with Gasteiger partial charge in [0.05, 0.1) is 0 Å². The number of rotatable bonds is 4. The van der Waals surface area contributed by atoms with Crippen LogP contribution in [-0.4, -0.2) is 29.1 Å². The van der Waals surface area contributed by atoms with Gasteiger partial charge in [0.2, 0.25) is 0 Å². The van der Waals surface area contributed by atoms with Crippen molar-refractivity contribution in [2.24, 2.45) is 5.92 Å². The number of carboxylic acid groups (broad SMARTS) is 1. The maximum atomic E-state index is 10.7. The van der Waals surface area contributed by atoms with Crippen LogP contribution in [0.25, 0.3) is 0 Å². The highest BCUT2D eigenvalue weighted by Gasteiger charge is 2.33. The molecule has 2 unspecified atom stereocenters. The summed E-state index contributed by atoms with van der Waals surface area (Å²) in [7, 11) is 0. The van der Waals surface area contributed by atoms with Crippen LogP contribution in [-0.2, 0) is 11.2 Å². The Balaban J connectivity index is 1.65. The Morgan fingerprint density at radius 2 is 2.25 bits per heavy atom. The van der Waals surface area contributed by atoms with E-state index in [1.165, 1.54) is 29.5 Å². The molecule has 2 atom stereocenters. The first-order valence-electron chi connectivity index (χ1n) is 7.69. The van der Waals surface area contributed by atoms with Crippen molar-refractivity contribution in [1.29, 1.82) is 0 Å². The average molecular weight is 273 g/mol. The lowest BCUT2D eigenvalue weighted by molar-refractivity contribution is -0.137. The molecule has 0 radical (unpaired) electrons. The molecule has 1 aliphatic heterocycles. The van der Waals surface area contributed by atoms with E-state index in [1.807, 2.05) is 0 Å². The molecule has 1 aromatic carbocycles. The Kier molecular flexibility index (Phi) is 3.79. The van der Waals surface area contributed by atoms with Gasteiger partial charge in [0.15, 0.2) is 0 Å². The molecule has 108 valence electrons. The molecule has 1 aliphatic carbocycles. The minimum atomic E-state index is -0.662. The number of hydrogen-bond acceptors (Lipinski definition) is 2. The Hall–Kier alpha value is -1.35. The quantitative estimate of drug-likeness (QED) is 0.916. The first-order valence-corrected chi connectivity index (χ1v) is 7.69. The summed E-state index contributed by atoms with van der Waals surface area (Å²) in [6, 6.07) is 7.40. The monoisotopic (exact) mass is 273 g/mol. The van der Waals surface area contributed by atoms with Crippen LogP contribution < -0.4 is 0 Å². The fraction of sp³-hybridized carbons (Fsp3) is 0.588. The Labute approximate surface area is 120 Å². The molecule has 0 spiro atoms. The number of carbonyl (C=O) groups is 1. The summed E-state index contributed by atoms with van der Waals surface area (Å²) in [5.74, 6) is -0.0924. The predicted molar refractivity (Wildman–Crippen MR) is 78.8 cm³/mol. The van der Waals surface area contributed by atoms with Crippen molar-refractivity contribution < 1.29 is 9.90 Å². The normalized spacial score (nSPS) is 25.9. The van der Waals surface area contributed by atoms with Crippen LogP contribution in [0.4, 0.5) is 0 Å². The molecule has 0 aromatic heterocycles. The Morgan fingerprint density at radius 1 is 1.40 bits per heavy atom. The van der Waals surface area contributed by atoms with Crippen molar-refractivity contribution in [3.05, 3.63) is 34.9 Å². The predicted octanol–water partition coefficient (Wildman–Crippen LogP) is 3.17. The number of benzene rings is 1. The summed E-state index contributed by atoms with van der Waals surface area (Å²) in [6.07, 6.45) is 4.73. The summed E-state index contributed by atoms with van der Waals surface area (Å²) in [5, 5.41) is 8.80. The van der Waals surface area contributed by atoms with E-state index in [4.69, 9.17) is 5.11 Å². The first kappa shape index (κ1) is 13.6. The number of carboxylic acids is 1. The molecule has 1 saturated heterocycles. The van der Waals surface area contributed by atoms with Gasteiger partial charge in [-0.15, -0.1) is 0 Å². The van der Waals surface area contributed by atoms with Crippen molar-refractivity contribution >= 4 is 5.97 Å². The van der Waals surface area contributed by atoms with Gasteiger partial charge >= 0.3 is 5.97 Å². The zero-order valence-electron chi connectivity index (χ0n) is 12.1. The molecular formula is C17H23NO2. The molecule has 3 rings (SSSR count). The van der Waals surface area contributed by atoms with Gasteiger partial charge in [-0.2, -0.15) is 0 Å². The second-order valence-electron chi connectivity index (χ2n) is 6.34. The van der Waals surface area contributed by atoms with Gasteiger partial charge in [-0.25, -0.2) is 0 Å². The van der Waals surface area contributed by atoms with Gasteiger partial charge in [-0.05, 0) is 56.2 Å². The fourth-order valence-electron chi connectivity index (χ4n) is 3.79. The highest BCUT2D eigenvalue weighted by atomic mass is 16.4. The molecule has 20 heavy (non-hydrogen) atoms. The standard InChI is InChI=1S/C17H23NO2/c1-12-2-4-14-5-6-16(15(14)10-12)18-9-8-13(11-18)3-7-17(19)20/h2,4,10,13,16H,3,5-9,11H2,1H3,(H,19,20). The summed E-state index contributed by atoms with van der Waals surface area (Å²) in [6.45, 7) is 4.36. The highest BCUT2D eigenvalue weighted by molar-refractivity contribution is 5.66. The van der Waals surface area contributed by atoms with Gasteiger partial charge in [0.25, 0.3) is 0 Å². The molecule has 3 nitrogen and oxygen atoms in total. The molecule has 0 saturated carbocycles. The van der Waals surface area contributed by atoms with Gasteiger partial charge in [-0.1, -0.05) is 23.8 Å². The SMILES string of the molecule is Cc1ccc2c(c1)C(N1CCC(CCC(=O)O)C1)CC2. The lowest BCUT2D eigenvalue weighted by Crippen LogP contribution is -2.25. The maximum Gasteiger partial charge on any atom is 0.303 e. The second kappa shape index (κ2) is 5.57. The first-order chi connectivity index (χ1) is 9.63. The molecule has 0 amide bonds. The van der Waals surface area contributed by atoms with E-state index in [-0.39, 0.29) is 0 Å².